The third-order valence-electron chi connectivity index (χ3n) is 5.35. The van der Waals surface area contributed by atoms with Gasteiger partial charge in [0.1, 0.15) is 5.82 Å². The van der Waals surface area contributed by atoms with E-state index in [4.69, 9.17) is 10.1 Å². The molecule has 0 unspecified atom stereocenters. The van der Waals surface area contributed by atoms with Gasteiger partial charge in [-0.1, -0.05) is 12.1 Å². The monoisotopic (exact) mass is 452 g/mol. The molecule has 2 aromatic carbocycles. The number of aromatic nitrogens is 1. The molecule has 1 fully saturated rings. The normalized spacial score (nSPS) is 13.6. The van der Waals surface area contributed by atoms with Crippen molar-refractivity contribution in [3.05, 3.63) is 71.4 Å². The Balaban J connectivity index is 1.78. The standard InChI is InChI=1S/C24H22F2N4O3/c1-14(27)22-18(15-2-5-17(6-3-15)30-8-10-33-11-9-30)13-21(24(31)32)29-23(22)28-16-4-7-19(25)20(26)12-16/h2-7,12-13,27H,8-11H2,1H3,(H,28,29)(H,31,32). The number of anilines is 3. The summed E-state index contributed by atoms with van der Waals surface area (Å²) < 4.78 is 32.4. The Hall–Kier alpha value is -3.85. The van der Waals surface area contributed by atoms with Crippen LogP contribution in [0.15, 0.2) is 48.5 Å². The van der Waals surface area contributed by atoms with E-state index in [1.165, 1.54) is 12.1 Å². The molecule has 1 aliphatic heterocycles. The van der Waals surface area contributed by atoms with Crippen molar-refractivity contribution in [3.63, 3.8) is 0 Å². The number of pyridine rings is 1. The van der Waals surface area contributed by atoms with E-state index in [2.05, 4.69) is 15.2 Å². The molecular weight excluding hydrogens is 430 g/mol. The van der Waals surface area contributed by atoms with E-state index in [1.807, 2.05) is 24.3 Å². The maximum Gasteiger partial charge on any atom is 0.354 e. The van der Waals surface area contributed by atoms with Crippen molar-refractivity contribution in [1.29, 1.82) is 5.41 Å². The first kappa shape index (κ1) is 22.3. The van der Waals surface area contributed by atoms with Crippen LogP contribution in [0.1, 0.15) is 23.0 Å². The number of benzene rings is 2. The zero-order chi connectivity index (χ0) is 23.5. The highest BCUT2D eigenvalue weighted by atomic mass is 19.2. The molecule has 0 spiro atoms. The van der Waals surface area contributed by atoms with Crippen molar-refractivity contribution in [2.45, 2.75) is 6.92 Å². The Morgan fingerprint density at radius 3 is 2.39 bits per heavy atom. The summed E-state index contributed by atoms with van der Waals surface area (Å²) in [6.07, 6.45) is 0. The van der Waals surface area contributed by atoms with E-state index in [0.29, 0.717) is 29.9 Å². The SMILES string of the molecule is CC(=N)c1c(-c2ccc(N3CCOCC3)cc2)cc(C(=O)O)nc1Nc1ccc(F)c(F)c1. The van der Waals surface area contributed by atoms with Crippen LogP contribution in [-0.4, -0.2) is 48.1 Å². The van der Waals surface area contributed by atoms with Crippen molar-refractivity contribution in [1.82, 2.24) is 4.98 Å². The largest absolute Gasteiger partial charge is 0.477 e. The number of carboxylic acid groups (broad SMARTS) is 1. The van der Waals surface area contributed by atoms with Gasteiger partial charge in [0.05, 0.1) is 13.2 Å². The molecule has 3 N–H and O–H groups in total. The summed E-state index contributed by atoms with van der Waals surface area (Å²) in [6.45, 7) is 4.43. The third kappa shape index (κ3) is 4.83. The summed E-state index contributed by atoms with van der Waals surface area (Å²) in [4.78, 5) is 18.1. The lowest BCUT2D eigenvalue weighted by molar-refractivity contribution is 0.0690. The van der Waals surface area contributed by atoms with Crippen molar-refractivity contribution in [2.24, 2.45) is 0 Å². The first-order valence-corrected chi connectivity index (χ1v) is 10.3. The summed E-state index contributed by atoms with van der Waals surface area (Å²) in [6, 6.07) is 12.2. The topological polar surface area (TPSA) is 98.5 Å². The van der Waals surface area contributed by atoms with Crippen molar-refractivity contribution in [2.75, 3.05) is 36.5 Å². The van der Waals surface area contributed by atoms with Gasteiger partial charge in [-0.05, 0) is 48.4 Å². The summed E-state index contributed by atoms with van der Waals surface area (Å²) in [7, 11) is 0. The fourth-order valence-electron chi connectivity index (χ4n) is 3.74. The second kappa shape index (κ2) is 9.33. The number of hydrogen-bond donors (Lipinski definition) is 3. The lowest BCUT2D eigenvalue weighted by Crippen LogP contribution is -2.36. The molecule has 1 aliphatic rings. The fraction of sp³-hybridized carbons (Fsp3) is 0.208. The van der Waals surface area contributed by atoms with Crippen LogP contribution in [0, 0.1) is 17.0 Å². The predicted octanol–water partition coefficient (Wildman–Crippen LogP) is 4.69. The Kier molecular flexibility index (Phi) is 6.32. The van der Waals surface area contributed by atoms with Crippen LogP contribution in [0.2, 0.25) is 0 Å². The van der Waals surface area contributed by atoms with Crippen LogP contribution in [-0.2, 0) is 4.74 Å². The molecule has 1 aromatic heterocycles. The van der Waals surface area contributed by atoms with Gasteiger partial charge in [-0.25, -0.2) is 18.6 Å². The highest BCUT2D eigenvalue weighted by Crippen LogP contribution is 2.33. The number of nitrogens with zero attached hydrogens (tertiary/aromatic N) is 2. The van der Waals surface area contributed by atoms with Gasteiger partial charge in [0.2, 0.25) is 0 Å². The highest BCUT2D eigenvalue weighted by Gasteiger charge is 2.20. The van der Waals surface area contributed by atoms with Crippen LogP contribution in [0.25, 0.3) is 11.1 Å². The molecule has 170 valence electrons. The second-order valence-corrected chi connectivity index (χ2v) is 7.61. The Labute approximate surface area is 189 Å². The van der Waals surface area contributed by atoms with Gasteiger partial charge in [0.15, 0.2) is 17.3 Å². The van der Waals surface area contributed by atoms with E-state index in [0.717, 1.165) is 30.9 Å². The number of ether oxygens (including phenoxy) is 1. The lowest BCUT2D eigenvalue weighted by Gasteiger charge is -2.29. The molecule has 7 nitrogen and oxygen atoms in total. The first-order chi connectivity index (χ1) is 15.8. The predicted molar refractivity (Wildman–Crippen MR) is 122 cm³/mol. The summed E-state index contributed by atoms with van der Waals surface area (Å²) >= 11 is 0. The van der Waals surface area contributed by atoms with E-state index in [-0.39, 0.29) is 22.9 Å². The Morgan fingerprint density at radius 2 is 1.79 bits per heavy atom. The van der Waals surface area contributed by atoms with Crippen molar-refractivity contribution >= 4 is 28.9 Å². The van der Waals surface area contributed by atoms with Crippen LogP contribution < -0.4 is 10.2 Å². The fourth-order valence-corrected chi connectivity index (χ4v) is 3.74. The quantitative estimate of drug-likeness (QED) is 0.469. The summed E-state index contributed by atoms with van der Waals surface area (Å²) in [5.74, 6) is -3.23. The average molecular weight is 452 g/mol. The molecule has 1 saturated heterocycles. The molecule has 0 radical (unpaired) electrons. The number of morpholine rings is 1. The van der Waals surface area contributed by atoms with Gasteiger partial charge < -0.3 is 25.5 Å². The Morgan fingerprint density at radius 1 is 1.09 bits per heavy atom. The summed E-state index contributed by atoms with van der Waals surface area (Å²) in [5, 5.41) is 20.8. The minimum atomic E-state index is -1.25. The van der Waals surface area contributed by atoms with Crippen LogP contribution in [0.4, 0.5) is 26.0 Å². The van der Waals surface area contributed by atoms with Crippen LogP contribution in [0.5, 0.6) is 0 Å². The van der Waals surface area contributed by atoms with Gasteiger partial charge in [-0.2, -0.15) is 0 Å². The maximum atomic E-state index is 13.7. The number of carbonyl (C=O) groups is 1. The second-order valence-electron chi connectivity index (χ2n) is 7.61. The molecule has 4 rings (SSSR count). The van der Waals surface area contributed by atoms with E-state index < -0.39 is 17.6 Å². The zero-order valence-corrected chi connectivity index (χ0v) is 17.9. The Bertz CT molecular complexity index is 1210. The first-order valence-electron chi connectivity index (χ1n) is 10.3. The average Bonchev–Trinajstić information content (AvgIpc) is 2.81. The molecule has 9 heteroatoms. The molecule has 2 heterocycles. The lowest BCUT2D eigenvalue weighted by atomic mass is 9.96. The van der Waals surface area contributed by atoms with Gasteiger partial charge >= 0.3 is 5.97 Å². The molecule has 3 aromatic rings. The van der Waals surface area contributed by atoms with Crippen LogP contribution in [0.3, 0.4) is 0 Å². The molecule has 0 amide bonds. The smallest absolute Gasteiger partial charge is 0.354 e. The van der Waals surface area contributed by atoms with Crippen molar-refractivity contribution < 1.29 is 23.4 Å². The maximum absolute atomic E-state index is 13.7. The summed E-state index contributed by atoms with van der Waals surface area (Å²) in [5.41, 5.74) is 2.65. The molecular formula is C24H22F2N4O3. The van der Waals surface area contributed by atoms with E-state index in [1.54, 1.807) is 6.92 Å². The number of carboxylic acids is 1. The minimum absolute atomic E-state index is 0.0701. The number of aromatic carboxylic acids is 1. The van der Waals surface area contributed by atoms with E-state index >= 15 is 0 Å². The van der Waals surface area contributed by atoms with Gasteiger partial charge in [-0.15, -0.1) is 0 Å². The van der Waals surface area contributed by atoms with Gasteiger partial charge in [0.25, 0.3) is 0 Å². The molecule has 0 atom stereocenters. The molecule has 0 aliphatic carbocycles. The minimum Gasteiger partial charge on any atom is -0.477 e. The van der Waals surface area contributed by atoms with Crippen LogP contribution >= 0.6 is 0 Å². The number of hydrogen-bond acceptors (Lipinski definition) is 6. The van der Waals surface area contributed by atoms with Gasteiger partial charge in [-0.3, -0.25) is 0 Å². The third-order valence-corrected chi connectivity index (χ3v) is 5.35. The van der Waals surface area contributed by atoms with Crippen molar-refractivity contribution in [3.8, 4) is 11.1 Å². The zero-order valence-electron chi connectivity index (χ0n) is 17.9. The number of halogens is 2. The van der Waals surface area contributed by atoms with Gasteiger partial charge in [0, 0.05) is 41.8 Å². The van der Waals surface area contributed by atoms with E-state index in [9.17, 15) is 18.7 Å². The number of nitrogens with one attached hydrogen (secondary N) is 2. The molecule has 0 bridgehead atoms. The molecule has 33 heavy (non-hydrogen) atoms. The number of rotatable bonds is 6. The highest BCUT2D eigenvalue weighted by molar-refractivity contribution is 6.08. The molecule has 0 saturated carbocycles.